The maximum atomic E-state index is 5.99. The first-order chi connectivity index (χ1) is 12.8. The Morgan fingerprint density at radius 2 is 2.04 bits per heavy atom. The van der Waals surface area contributed by atoms with Gasteiger partial charge in [-0.2, -0.15) is 0 Å². The Morgan fingerprint density at radius 3 is 2.92 bits per heavy atom. The molecule has 0 amide bonds. The van der Waals surface area contributed by atoms with Crippen LogP contribution in [0.1, 0.15) is 19.3 Å². The standard InChI is InChI=1S/C20H22N4OS/c1-4-8-24(9-5-1)13-14-11-21-17-10-15(12-22-19(14)17)25-20-23-16-6-2-3-7-18(16)26-20/h2-3,6-7,10-12,19,21-22H,1,4-5,8-9,13H2. The van der Waals surface area contributed by atoms with Crippen molar-refractivity contribution in [3.63, 3.8) is 0 Å². The average Bonchev–Trinajstić information content (AvgIpc) is 3.26. The van der Waals surface area contributed by atoms with E-state index in [-0.39, 0.29) is 6.04 Å². The van der Waals surface area contributed by atoms with Crippen LogP contribution in [0.5, 0.6) is 5.19 Å². The lowest BCUT2D eigenvalue weighted by molar-refractivity contribution is 0.244. The van der Waals surface area contributed by atoms with Gasteiger partial charge in [0.05, 0.1) is 16.3 Å². The van der Waals surface area contributed by atoms with Crippen LogP contribution in [-0.2, 0) is 0 Å². The topological polar surface area (TPSA) is 49.4 Å². The third kappa shape index (κ3) is 3.10. The molecule has 5 rings (SSSR count). The van der Waals surface area contributed by atoms with Crippen LogP contribution in [-0.4, -0.2) is 35.6 Å². The van der Waals surface area contributed by atoms with Crippen molar-refractivity contribution in [2.75, 3.05) is 19.6 Å². The lowest BCUT2D eigenvalue weighted by Crippen LogP contribution is -2.38. The van der Waals surface area contributed by atoms with E-state index in [0.29, 0.717) is 5.19 Å². The number of hydrogen-bond donors (Lipinski definition) is 2. The number of para-hydroxylation sites is 1. The second kappa shape index (κ2) is 6.78. The van der Waals surface area contributed by atoms with E-state index < -0.39 is 0 Å². The zero-order valence-electron chi connectivity index (χ0n) is 14.6. The maximum Gasteiger partial charge on any atom is 0.279 e. The van der Waals surface area contributed by atoms with Crippen molar-refractivity contribution in [1.29, 1.82) is 0 Å². The number of nitrogens with one attached hydrogen (secondary N) is 2. The van der Waals surface area contributed by atoms with E-state index >= 15 is 0 Å². The Balaban J connectivity index is 1.26. The molecule has 3 aliphatic heterocycles. The molecule has 0 spiro atoms. The fourth-order valence-corrected chi connectivity index (χ4v) is 4.63. The normalized spacial score (nSPS) is 22.8. The number of hydrogen-bond acceptors (Lipinski definition) is 6. The number of dihydropyridines is 1. The number of rotatable bonds is 4. The predicted octanol–water partition coefficient (Wildman–Crippen LogP) is 3.35. The molecule has 6 heteroatoms. The lowest BCUT2D eigenvalue weighted by Gasteiger charge is -2.29. The summed E-state index contributed by atoms with van der Waals surface area (Å²) in [5.41, 5.74) is 3.52. The predicted molar refractivity (Wildman–Crippen MR) is 105 cm³/mol. The van der Waals surface area contributed by atoms with Gasteiger partial charge in [0.1, 0.15) is 5.76 Å². The highest BCUT2D eigenvalue weighted by atomic mass is 32.1. The van der Waals surface area contributed by atoms with Gasteiger partial charge >= 0.3 is 0 Å². The van der Waals surface area contributed by atoms with E-state index in [2.05, 4.69) is 38.9 Å². The van der Waals surface area contributed by atoms with Crippen molar-refractivity contribution in [1.82, 2.24) is 20.5 Å². The molecule has 5 nitrogen and oxygen atoms in total. The molecule has 0 radical (unpaired) electrons. The number of ether oxygens (including phenoxy) is 1. The SMILES string of the molecule is C1=C(Oc2nc3ccccc3s2)C=C2NC=C(CN3CCCCC3)C2N1. The van der Waals surface area contributed by atoms with E-state index in [9.17, 15) is 0 Å². The summed E-state index contributed by atoms with van der Waals surface area (Å²) in [6.07, 6.45) is 10.2. The molecule has 1 aromatic heterocycles. The number of likely N-dealkylation sites (tertiary alicyclic amines) is 1. The minimum Gasteiger partial charge on any atom is -0.429 e. The molecule has 1 aromatic carbocycles. The molecule has 0 saturated carbocycles. The van der Waals surface area contributed by atoms with Gasteiger partial charge in [-0.3, -0.25) is 4.90 Å². The second-order valence-electron chi connectivity index (χ2n) is 7.00. The molecule has 1 fully saturated rings. The van der Waals surface area contributed by atoms with Crippen LogP contribution in [0.4, 0.5) is 0 Å². The number of piperidine rings is 1. The zero-order valence-corrected chi connectivity index (χ0v) is 15.4. The van der Waals surface area contributed by atoms with Crippen molar-refractivity contribution in [2.45, 2.75) is 25.3 Å². The smallest absolute Gasteiger partial charge is 0.279 e. The fraction of sp³-hybridized carbons (Fsp3) is 0.350. The van der Waals surface area contributed by atoms with E-state index in [4.69, 9.17) is 4.74 Å². The lowest BCUT2D eigenvalue weighted by atomic mass is 10.0. The number of thiazole rings is 1. The van der Waals surface area contributed by atoms with Crippen molar-refractivity contribution < 1.29 is 4.74 Å². The van der Waals surface area contributed by atoms with Gasteiger partial charge in [-0.15, -0.1) is 0 Å². The van der Waals surface area contributed by atoms with Crippen molar-refractivity contribution in [3.05, 3.63) is 59.8 Å². The third-order valence-corrected chi connectivity index (χ3v) is 6.04. The summed E-state index contributed by atoms with van der Waals surface area (Å²) in [7, 11) is 0. The van der Waals surface area contributed by atoms with Crippen LogP contribution < -0.4 is 15.4 Å². The molecule has 1 saturated heterocycles. The third-order valence-electron chi connectivity index (χ3n) is 5.13. The number of nitrogens with zero attached hydrogens (tertiary/aromatic N) is 2. The highest BCUT2D eigenvalue weighted by Gasteiger charge is 2.28. The van der Waals surface area contributed by atoms with Crippen LogP contribution >= 0.6 is 11.3 Å². The summed E-state index contributed by atoms with van der Waals surface area (Å²) < 4.78 is 7.13. The van der Waals surface area contributed by atoms with Gasteiger partial charge in [-0.1, -0.05) is 29.9 Å². The molecular weight excluding hydrogens is 344 g/mol. The molecule has 4 heterocycles. The summed E-state index contributed by atoms with van der Waals surface area (Å²) in [5, 5.41) is 7.58. The molecule has 26 heavy (non-hydrogen) atoms. The van der Waals surface area contributed by atoms with E-state index in [1.165, 1.54) is 37.9 Å². The first-order valence-electron chi connectivity index (χ1n) is 9.24. The van der Waals surface area contributed by atoms with E-state index in [1.807, 2.05) is 24.4 Å². The minimum absolute atomic E-state index is 0.236. The summed E-state index contributed by atoms with van der Waals surface area (Å²) in [6, 6.07) is 8.33. The second-order valence-corrected chi connectivity index (χ2v) is 7.99. The van der Waals surface area contributed by atoms with Gasteiger partial charge in [-0.25, -0.2) is 4.98 Å². The average molecular weight is 366 g/mol. The van der Waals surface area contributed by atoms with Gasteiger partial charge in [0.25, 0.3) is 5.19 Å². The largest absolute Gasteiger partial charge is 0.429 e. The first-order valence-corrected chi connectivity index (χ1v) is 10.1. The fourth-order valence-electron chi connectivity index (χ4n) is 3.79. The van der Waals surface area contributed by atoms with E-state index in [1.54, 1.807) is 11.3 Å². The highest BCUT2D eigenvalue weighted by molar-refractivity contribution is 7.20. The molecule has 2 aromatic rings. The molecule has 0 aliphatic carbocycles. The van der Waals surface area contributed by atoms with E-state index in [0.717, 1.165) is 28.2 Å². The van der Waals surface area contributed by atoms with Gasteiger partial charge in [-0.05, 0) is 43.6 Å². The quantitative estimate of drug-likeness (QED) is 0.869. The Kier molecular flexibility index (Phi) is 4.15. The Morgan fingerprint density at radius 1 is 1.15 bits per heavy atom. The van der Waals surface area contributed by atoms with Crippen LogP contribution in [0, 0.1) is 0 Å². The Hall–Kier alpha value is -2.31. The van der Waals surface area contributed by atoms with Gasteiger partial charge in [0, 0.05) is 30.7 Å². The Bertz CT molecular complexity index is 874. The summed E-state index contributed by atoms with van der Waals surface area (Å²) in [5.74, 6) is 0.787. The number of benzene rings is 1. The van der Waals surface area contributed by atoms with Gasteiger partial charge in [0.2, 0.25) is 0 Å². The molecule has 0 bridgehead atoms. The molecule has 3 aliphatic rings. The molecule has 2 N–H and O–H groups in total. The molecular formula is C20H22N4OS. The summed E-state index contributed by atoms with van der Waals surface area (Å²) in [4.78, 5) is 7.10. The first kappa shape index (κ1) is 15.9. The number of fused-ring (bicyclic) bond motifs is 2. The summed E-state index contributed by atoms with van der Waals surface area (Å²) in [6.45, 7) is 3.46. The monoisotopic (exact) mass is 366 g/mol. The molecule has 1 unspecified atom stereocenters. The number of aromatic nitrogens is 1. The minimum atomic E-state index is 0.236. The highest BCUT2D eigenvalue weighted by Crippen LogP contribution is 2.30. The molecule has 134 valence electrons. The Labute approximate surface area is 157 Å². The van der Waals surface area contributed by atoms with Crippen LogP contribution in [0.3, 0.4) is 0 Å². The van der Waals surface area contributed by atoms with Crippen molar-refractivity contribution >= 4 is 21.6 Å². The summed E-state index contributed by atoms with van der Waals surface area (Å²) >= 11 is 1.57. The van der Waals surface area contributed by atoms with Crippen molar-refractivity contribution in [3.8, 4) is 5.19 Å². The van der Waals surface area contributed by atoms with Crippen molar-refractivity contribution in [2.24, 2.45) is 0 Å². The van der Waals surface area contributed by atoms with Gasteiger partial charge in [0.15, 0.2) is 0 Å². The van der Waals surface area contributed by atoms with Crippen LogP contribution in [0.15, 0.2) is 59.8 Å². The number of allylic oxidation sites excluding steroid dienone is 1. The van der Waals surface area contributed by atoms with Crippen LogP contribution in [0.2, 0.25) is 0 Å². The van der Waals surface area contributed by atoms with Gasteiger partial charge < -0.3 is 15.4 Å². The molecule has 1 atom stereocenters. The maximum absolute atomic E-state index is 5.99. The van der Waals surface area contributed by atoms with Crippen LogP contribution in [0.25, 0.3) is 10.2 Å². The zero-order chi connectivity index (χ0) is 17.3.